The Hall–Kier alpha value is -2.47. The Kier molecular flexibility index (Phi) is 4.25. The Morgan fingerprint density at radius 3 is 2.78 bits per heavy atom. The number of fused-ring (bicyclic) bond motifs is 1. The van der Waals surface area contributed by atoms with E-state index < -0.39 is 11.8 Å². The molecule has 0 radical (unpaired) electrons. The van der Waals surface area contributed by atoms with Crippen LogP contribution in [0.15, 0.2) is 51.4 Å². The molecule has 3 aromatic rings. The van der Waals surface area contributed by atoms with Gasteiger partial charge in [-0.05, 0) is 51.8 Å². The van der Waals surface area contributed by atoms with Crippen molar-refractivity contribution in [1.29, 1.82) is 0 Å². The van der Waals surface area contributed by atoms with Crippen molar-refractivity contribution < 1.29 is 18.7 Å². The maximum Gasteiger partial charge on any atom is 0.223 e. The number of nitrogens with zero attached hydrogens (tertiary/aromatic N) is 1. The second-order valence-electron chi connectivity index (χ2n) is 4.88. The minimum absolute atomic E-state index is 0.204. The molecule has 0 aliphatic carbocycles. The van der Waals surface area contributed by atoms with Crippen molar-refractivity contribution >= 4 is 44.6 Å². The van der Waals surface area contributed by atoms with Crippen LogP contribution in [0.1, 0.15) is 17.9 Å². The summed E-state index contributed by atoms with van der Waals surface area (Å²) in [6, 6.07) is 11.5. The van der Waals surface area contributed by atoms with Gasteiger partial charge < -0.3 is 14.3 Å². The maximum atomic E-state index is 13.3. The average molecular weight is 375 g/mol. The predicted molar refractivity (Wildman–Crippen MR) is 85.6 cm³/mol. The van der Waals surface area contributed by atoms with Gasteiger partial charge in [0.1, 0.15) is 11.3 Å². The number of aromatic nitrogens is 1. The average Bonchev–Trinajstić information content (AvgIpc) is 2.94. The Bertz CT molecular complexity index is 884. The second-order valence-corrected chi connectivity index (χ2v) is 5.73. The van der Waals surface area contributed by atoms with Crippen LogP contribution in [0.2, 0.25) is 0 Å². The number of aliphatic carboxylic acids is 1. The summed E-state index contributed by atoms with van der Waals surface area (Å²) in [6.07, 6.45) is 1.23. The van der Waals surface area contributed by atoms with Gasteiger partial charge in [-0.2, -0.15) is 0 Å². The van der Waals surface area contributed by atoms with Crippen molar-refractivity contribution in [3.8, 4) is 0 Å². The summed E-state index contributed by atoms with van der Waals surface area (Å²) in [6.45, 7) is 0. The van der Waals surface area contributed by atoms with Gasteiger partial charge in [-0.15, -0.1) is 0 Å². The number of carboxylic acid groups (broad SMARTS) is 1. The molecule has 0 aliphatic rings. The molecule has 0 unspecified atom stereocenters. The highest BCUT2D eigenvalue weighted by Gasteiger charge is 2.12. The van der Waals surface area contributed by atoms with E-state index in [9.17, 15) is 14.3 Å². The third-order valence-electron chi connectivity index (χ3n) is 3.19. The molecule has 1 aromatic heterocycles. The molecule has 0 atom stereocenters. The van der Waals surface area contributed by atoms with Crippen molar-refractivity contribution in [3.05, 3.63) is 64.2 Å². The number of carboxylic acids is 1. The number of hydrogen-bond acceptors (Lipinski definition) is 4. The van der Waals surface area contributed by atoms with Gasteiger partial charge in [0.25, 0.3) is 0 Å². The molecule has 1 heterocycles. The zero-order valence-electron chi connectivity index (χ0n) is 11.8. The summed E-state index contributed by atoms with van der Waals surface area (Å²) in [7, 11) is 0. The predicted octanol–water partition coefficient (Wildman–Crippen LogP) is 3.41. The highest BCUT2D eigenvalue weighted by Crippen LogP contribution is 2.26. The number of hydrogen-bond donors (Lipinski definition) is 0. The Morgan fingerprint density at radius 2 is 2.09 bits per heavy atom. The molecule has 0 saturated heterocycles. The molecule has 4 nitrogen and oxygen atoms in total. The molecule has 0 fully saturated rings. The summed E-state index contributed by atoms with van der Waals surface area (Å²) in [5, 5.41) is 11.0. The van der Waals surface area contributed by atoms with E-state index in [-0.39, 0.29) is 16.8 Å². The lowest BCUT2D eigenvalue weighted by atomic mass is 10.1. The topological polar surface area (TPSA) is 66.2 Å². The summed E-state index contributed by atoms with van der Waals surface area (Å²) in [5.41, 5.74) is 2.16. The van der Waals surface area contributed by atoms with Crippen molar-refractivity contribution in [1.82, 2.24) is 4.98 Å². The van der Waals surface area contributed by atoms with Gasteiger partial charge >= 0.3 is 0 Å². The molecule has 0 spiro atoms. The first-order valence-corrected chi connectivity index (χ1v) is 7.53. The largest absolute Gasteiger partial charge is 0.550 e. The zero-order chi connectivity index (χ0) is 16.4. The lowest BCUT2D eigenvalue weighted by Crippen LogP contribution is -2.22. The van der Waals surface area contributed by atoms with Crippen molar-refractivity contribution in [2.75, 3.05) is 0 Å². The number of benzene rings is 2. The van der Waals surface area contributed by atoms with E-state index in [1.165, 1.54) is 12.1 Å². The lowest BCUT2D eigenvalue weighted by Gasteiger charge is -2.05. The van der Waals surface area contributed by atoms with Crippen molar-refractivity contribution in [2.24, 2.45) is 0 Å². The number of carbonyl (C=O) groups excluding carboxylic acids is 1. The number of halogens is 2. The van der Waals surface area contributed by atoms with Crippen LogP contribution in [0, 0.1) is 5.82 Å². The van der Waals surface area contributed by atoms with Crippen LogP contribution < -0.4 is 5.11 Å². The molecule has 0 aliphatic heterocycles. The van der Waals surface area contributed by atoms with Crippen LogP contribution in [-0.2, 0) is 4.79 Å². The summed E-state index contributed by atoms with van der Waals surface area (Å²) < 4.78 is 19.2. The van der Waals surface area contributed by atoms with E-state index in [1.807, 2.05) is 6.07 Å². The van der Waals surface area contributed by atoms with E-state index in [1.54, 1.807) is 30.3 Å². The first-order chi connectivity index (χ1) is 11.0. The summed E-state index contributed by atoms with van der Waals surface area (Å²) in [5.74, 6) is -1.44. The monoisotopic (exact) mass is 374 g/mol. The van der Waals surface area contributed by atoms with Gasteiger partial charge in [0.05, 0.1) is 4.47 Å². The third kappa shape index (κ3) is 3.48. The smallest absolute Gasteiger partial charge is 0.223 e. The molecule has 0 saturated carbocycles. The number of para-hydroxylation sites is 2. The Morgan fingerprint density at radius 1 is 1.30 bits per heavy atom. The molecule has 0 amide bonds. The van der Waals surface area contributed by atoms with Crippen LogP contribution in [-0.4, -0.2) is 11.0 Å². The van der Waals surface area contributed by atoms with Gasteiger partial charge in [-0.1, -0.05) is 18.2 Å². The molecule has 116 valence electrons. The van der Waals surface area contributed by atoms with Crippen molar-refractivity contribution in [2.45, 2.75) is 6.42 Å². The molecule has 0 N–H and O–H groups in total. The summed E-state index contributed by atoms with van der Waals surface area (Å²) in [4.78, 5) is 15.3. The normalized spacial score (nSPS) is 11.8. The first kappa shape index (κ1) is 15.4. The molecule has 2 aromatic carbocycles. The Labute approximate surface area is 139 Å². The maximum absolute atomic E-state index is 13.3. The first-order valence-electron chi connectivity index (χ1n) is 6.74. The van der Waals surface area contributed by atoms with Gasteiger partial charge in [0.15, 0.2) is 5.58 Å². The molecule has 3 rings (SSSR count). The quantitative estimate of drug-likeness (QED) is 0.701. The van der Waals surface area contributed by atoms with E-state index in [0.29, 0.717) is 22.2 Å². The second kappa shape index (κ2) is 6.34. The van der Waals surface area contributed by atoms with Gasteiger partial charge in [-0.3, -0.25) is 0 Å². The fraction of sp³-hybridized carbons (Fsp3) is 0.0588. The SMILES string of the molecule is O=C([O-])C/C(=C\c1ccc(F)c(Br)c1)c1nc2ccccc2o1. The molecular formula is C17H10BrFNO3-. The van der Waals surface area contributed by atoms with Gasteiger partial charge in [0.2, 0.25) is 5.89 Å². The van der Waals surface area contributed by atoms with Crippen LogP contribution >= 0.6 is 15.9 Å². The van der Waals surface area contributed by atoms with Gasteiger partial charge in [0, 0.05) is 18.0 Å². The molecular weight excluding hydrogens is 365 g/mol. The molecule has 23 heavy (non-hydrogen) atoms. The van der Waals surface area contributed by atoms with Crippen LogP contribution in [0.25, 0.3) is 22.7 Å². The fourth-order valence-corrected chi connectivity index (χ4v) is 2.55. The van der Waals surface area contributed by atoms with E-state index in [2.05, 4.69) is 20.9 Å². The highest BCUT2D eigenvalue weighted by atomic mass is 79.9. The molecule has 0 bridgehead atoms. The number of oxazole rings is 1. The lowest BCUT2D eigenvalue weighted by molar-refractivity contribution is -0.304. The summed E-state index contributed by atoms with van der Waals surface area (Å²) >= 11 is 3.10. The zero-order valence-corrected chi connectivity index (χ0v) is 13.3. The van der Waals surface area contributed by atoms with Crippen LogP contribution in [0.3, 0.4) is 0 Å². The van der Waals surface area contributed by atoms with Gasteiger partial charge in [-0.25, -0.2) is 9.37 Å². The van der Waals surface area contributed by atoms with Crippen LogP contribution in [0.4, 0.5) is 4.39 Å². The van der Waals surface area contributed by atoms with E-state index in [0.717, 1.165) is 0 Å². The van der Waals surface area contributed by atoms with Crippen LogP contribution in [0.5, 0.6) is 0 Å². The standard InChI is InChI=1S/C17H11BrFNO3/c18-12-8-10(5-6-13(12)19)7-11(9-16(21)22)17-20-14-3-1-2-4-15(14)23-17/h1-8H,9H2,(H,21,22)/p-1/b11-7+. The van der Waals surface area contributed by atoms with E-state index >= 15 is 0 Å². The number of carbonyl (C=O) groups is 1. The molecule has 6 heteroatoms. The van der Waals surface area contributed by atoms with Crippen molar-refractivity contribution in [3.63, 3.8) is 0 Å². The highest BCUT2D eigenvalue weighted by molar-refractivity contribution is 9.10. The van der Waals surface area contributed by atoms with E-state index in [4.69, 9.17) is 4.42 Å². The fourth-order valence-electron chi connectivity index (χ4n) is 2.16. The Balaban J connectivity index is 2.07. The minimum atomic E-state index is -1.25. The minimum Gasteiger partial charge on any atom is -0.550 e. The number of rotatable bonds is 4. The third-order valence-corrected chi connectivity index (χ3v) is 3.80.